The molecule has 1 aliphatic heterocycles. The number of rotatable bonds is 8. The first-order valence-corrected chi connectivity index (χ1v) is 12.2. The summed E-state index contributed by atoms with van der Waals surface area (Å²) in [5.41, 5.74) is 3.65. The van der Waals surface area contributed by atoms with Crippen LogP contribution in [0.4, 0.5) is 11.4 Å². The van der Waals surface area contributed by atoms with Gasteiger partial charge in [-0.2, -0.15) is 0 Å². The number of hydrogen-bond donors (Lipinski definition) is 2. The standard InChI is InChI=1S/C29H27N3O6/c1-18-3-7-22(30-28(33)21-5-9-25-26(16-21)37-14-13-36-25)17-24(18)32-29(34)20-4-8-23-19(15-20)6-10-27(31-23)38-12-11-35-2/h3-10,15-17H,11-14H2,1-2H3,(H,30,33)(H,32,34). The third-order valence-electron chi connectivity index (χ3n) is 6.01. The number of aromatic nitrogens is 1. The maximum atomic E-state index is 13.1. The number of aryl methyl sites for hydroxylation is 1. The van der Waals surface area contributed by atoms with Crippen LogP contribution in [0.15, 0.2) is 66.7 Å². The molecule has 0 bridgehead atoms. The Morgan fingerprint density at radius 1 is 0.842 bits per heavy atom. The summed E-state index contributed by atoms with van der Waals surface area (Å²) in [6, 6.07) is 19.3. The summed E-state index contributed by atoms with van der Waals surface area (Å²) in [5.74, 6) is 1.09. The summed E-state index contributed by atoms with van der Waals surface area (Å²) >= 11 is 0. The van der Waals surface area contributed by atoms with Crippen LogP contribution in [-0.2, 0) is 4.74 Å². The normalized spacial score (nSPS) is 12.2. The van der Waals surface area contributed by atoms with Gasteiger partial charge >= 0.3 is 0 Å². The smallest absolute Gasteiger partial charge is 0.255 e. The second-order valence-corrected chi connectivity index (χ2v) is 8.69. The molecule has 5 rings (SSSR count). The van der Waals surface area contributed by atoms with Crippen molar-refractivity contribution in [3.63, 3.8) is 0 Å². The maximum absolute atomic E-state index is 13.1. The Morgan fingerprint density at radius 2 is 1.61 bits per heavy atom. The van der Waals surface area contributed by atoms with Crippen LogP contribution in [-0.4, -0.2) is 50.3 Å². The van der Waals surface area contributed by atoms with Crippen LogP contribution in [0.3, 0.4) is 0 Å². The number of hydrogen-bond acceptors (Lipinski definition) is 7. The first kappa shape index (κ1) is 25.0. The van der Waals surface area contributed by atoms with Gasteiger partial charge in [-0.3, -0.25) is 9.59 Å². The fourth-order valence-electron chi connectivity index (χ4n) is 3.97. The van der Waals surface area contributed by atoms with Crippen LogP contribution in [0, 0.1) is 6.92 Å². The van der Waals surface area contributed by atoms with E-state index in [0.717, 1.165) is 16.5 Å². The molecule has 0 aliphatic carbocycles. The van der Waals surface area contributed by atoms with Gasteiger partial charge in [0.2, 0.25) is 5.88 Å². The maximum Gasteiger partial charge on any atom is 0.255 e. The van der Waals surface area contributed by atoms with E-state index >= 15 is 0 Å². The molecule has 0 atom stereocenters. The van der Waals surface area contributed by atoms with Gasteiger partial charge in [-0.25, -0.2) is 4.98 Å². The highest BCUT2D eigenvalue weighted by Gasteiger charge is 2.16. The summed E-state index contributed by atoms with van der Waals surface area (Å²) in [4.78, 5) is 30.4. The zero-order chi connectivity index (χ0) is 26.5. The van der Waals surface area contributed by atoms with Crippen LogP contribution in [0.1, 0.15) is 26.3 Å². The van der Waals surface area contributed by atoms with Gasteiger partial charge in [0.15, 0.2) is 11.5 Å². The molecule has 38 heavy (non-hydrogen) atoms. The Labute approximate surface area is 219 Å². The van der Waals surface area contributed by atoms with Crippen molar-refractivity contribution < 1.29 is 28.5 Å². The molecule has 9 nitrogen and oxygen atoms in total. The van der Waals surface area contributed by atoms with Crippen molar-refractivity contribution in [1.82, 2.24) is 4.98 Å². The lowest BCUT2D eigenvalue weighted by Crippen LogP contribution is -2.17. The van der Waals surface area contributed by atoms with Crippen LogP contribution in [0.2, 0.25) is 0 Å². The van der Waals surface area contributed by atoms with E-state index in [1.807, 2.05) is 19.1 Å². The predicted molar refractivity (Wildman–Crippen MR) is 144 cm³/mol. The van der Waals surface area contributed by atoms with E-state index in [0.29, 0.717) is 66.3 Å². The molecule has 0 fully saturated rings. The van der Waals surface area contributed by atoms with E-state index in [-0.39, 0.29) is 11.8 Å². The highest BCUT2D eigenvalue weighted by atomic mass is 16.6. The van der Waals surface area contributed by atoms with Gasteiger partial charge in [0.1, 0.15) is 19.8 Å². The third kappa shape index (κ3) is 5.68. The molecule has 0 saturated carbocycles. The van der Waals surface area contributed by atoms with E-state index in [9.17, 15) is 9.59 Å². The highest BCUT2D eigenvalue weighted by molar-refractivity contribution is 6.08. The SMILES string of the molecule is COCCOc1ccc2cc(C(=O)Nc3cc(NC(=O)c4ccc5c(c4)OCCO5)ccc3C)ccc2n1. The van der Waals surface area contributed by atoms with Gasteiger partial charge in [0, 0.05) is 41.1 Å². The van der Waals surface area contributed by atoms with Crippen LogP contribution in [0.5, 0.6) is 17.4 Å². The first-order chi connectivity index (χ1) is 18.5. The molecular weight excluding hydrogens is 486 g/mol. The van der Waals surface area contributed by atoms with Gasteiger partial charge in [0.25, 0.3) is 11.8 Å². The number of nitrogens with one attached hydrogen (secondary N) is 2. The second kappa shape index (κ2) is 11.2. The molecule has 9 heteroatoms. The largest absolute Gasteiger partial charge is 0.486 e. The average molecular weight is 514 g/mol. The van der Waals surface area contributed by atoms with E-state index in [4.69, 9.17) is 18.9 Å². The van der Waals surface area contributed by atoms with Gasteiger partial charge in [-0.05, 0) is 67.1 Å². The van der Waals surface area contributed by atoms with E-state index in [1.165, 1.54) is 0 Å². The predicted octanol–water partition coefficient (Wildman–Crippen LogP) is 4.84. The molecular formula is C29H27N3O6. The van der Waals surface area contributed by atoms with E-state index in [2.05, 4.69) is 15.6 Å². The average Bonchev–Trinajstić information content (AvgIpc) is 2.94. The zero-order valence-electron chi connectivity index (χ0n) is 21.1. The lowest BCUT2D eigenvalue weighted by molar-refractivity contribution is 0.101. The van der Waals surface area contributed by atoms with Gasteiger partial charge < -0.3 is 29.6 Å². The molecule has 194 valence electrons. The minimum atomic E-state index is -0.296. The molecule has 2 amide bonds. The summed E-state index contributed by atoms with van der Waals surface area (Å²) in [6.07, 6.45) is 0. The summed E-state index contributed by atoms with van der Waals surface area (Å²) in [5, 5.41) is 6.64. The Kier molecular flexibility index (Phi) is 7.37. The lowest BCUT2D eigenvalue weighted by atomic mass is 10.1. The zero-order valence-corrected chi connectivity index (χ0v) is 21.1. The third-order valence-corrected chi connectivity index (χ3v) is 6.01. The Morgan fingerprint density at radius 3 is 2.45 bits per heavy atom. The summed E-state index contributed by atoms with van der Waals surface area (Å²) in [7, 11) is 1.61. The van der Waals surface area contributed by atoms with Crippen LogP contribution < -0.4 is 24.8 Å². The summed E-state index contributed by atoms with van der Waals surface area (Å²) in [6.45, 7) is 3.69. The summed E-state index contributed by atoms with van der Waals surface area (Å²) < 4.78 is 21.6. The van der Waals surface area contributed by atoms with Crippen LogP contribution in [0.25, 0.3) is 10.9 Å². The molecule has 0 spiro atoms. The number of anilines is 2. The number of benzene rings is 3. The van der Waals surface area contributed by atoms with Gasteiger partial charge in [0.05, 0.1) is 12.1 Å². The van der Waals surface area contributed by atoms with Crippen molar-refractivity contribution in [1.29, 1.82) is 0 Å². The molecule has 1 aliphatic rings. The Bertz CT molecular complexity index is 1500. The molecule has 0 unspecified atom stereocenters. The van der Waals surface area contributed by atoms with Gasteiger partial charge in [-0.15, -0.1) is 0 Å². The van der Waals surface area contributed by atoms with Gasteiger partial charge in [-0.1, -0.05) is 6.07 Å². The minimum Gasteiger partial charge on any atom is -0.486 e. The molecule has 2 N–H and O–H groups in total. The number of carbonyl (C=O) groups is 2. The minimum absolute atomic E-state index is 0.272. The number of methoxy groups -OCH3 is 1. The van der Waals surface area contributed by atoms with E-state index in [1.54, 1.807) is 61.7 Å². The molecule has 3 aromatic carbocycles. The molecule has 1 aromatic heterocycles. The number of carbonyl (C=O) groups excluding carboxylic acids is 2. The number of pyridine rings is 1. The highest BCUT2D eigenvalue weighted by Crippen LogP contribution is 2.31. The molecule has 2 heterocycles. The molecule has 0 radical (unpaired) electrons. The monoisotopic (exact) mass is 513 g/mol. The first-order valence-electron chi connectivity index (χ1n) is 12.2. The van der Waals surface area contributed by atoms with Crippen molar-refractivity contribution in [2.24, 2.45) is 0 Å². The van der Waals surface area contributed by atoms with Crippen molar-refractivity contribution in [2.45, 2.75) is 6.92 Å². The molecule has 0 saturated heterocycles. The number of fused-ring (bicyclic) bond motifs is 2. The topological polar surface area (TPSA) is 108 Å². The van der Waals surface area contributed by atoms with Crippen LogP contribution >= 0.6 is 0 Å². The Hall–Kier alpha value is -4.63. The number of ether oxygens (including phenoxy) is 4. The van der Waals surface area contributed by atoms with Crippen molar-refractivity contribution in [3.8, 4) is 17.4 Å². The fraction of sp³-hybridized carbons (Fsp3) is 0.207. The Balaban J connectivity index is 1.28. The van der Waals surface area contributed by atoms with Crippen molar-refractivity contribution in [2.75, 3.05) is 44.2 Å². The van der Waals surface area contributed by atoms with E-state index < -0.39 is 0 Å². The lowest BCUT2D eigenvalue weighted by Gasteiger charge is -2.18. The number of nitrogens with zero attached hydrogens (tertiary/aromatic N) is 1. The van der Waals surface area contributed by atoms with Crippen molar-refractivity contribution in [3.05, 3.63) is 83.4 Å². The van der Waals surface area contributed by atoms with Crippen molar-refractivity contribution >= 4 is 34.1 Å². The second-order valence-electron chi connectivity index (χ2n) is 8.69. The fourth-order valence-corrected chi connectivity index (χ4v) is 3.97. The molecule has 4 aromatic rings. The number of amides is 2. The quantitative estimate of drug-likeness (QED) is 0.325.